The van der Waals surface area contributed by atoms with Gasteiger partial charge in [0.2, 0.25) is 5.91 Å². The van der Waals surface area contributed by atoms with Crippen LogP contribution in [-0.4, -0.2) is 34.2 Å². The topological polar surface area (TPSA) is 79.4 Å². The third-order valence-corrected chi connectivity index (χ3v) is 5.17. The van der Waals surface area contributed by atoms with E-state index < -0.39 is 17.7 Å². The van der Waals surface area contributed by atoms with Crippen molar-refractivity contribution in [2.45, 2.75) is 13.8 Å². The summed E-state index contributed by atoms with van der Waals surface area (Å²) in [5.74, 6) is -1.35. The van der Waals surface area contributed by atoms with Crippen molar-refractivity contribution in [3.05, 3.63) is 58.7 Å². The quantitative estimate of drug-likeness (QED) is 0.723. The van der Waals surface area contributed by atoms with Crippen LogP contribution in [-0.2, 0) is 4.79 Å². The summed E-state index contributed by atoms with van der Waals surface area (Å²) in [5, 5.41) is 3.15. The standard InChI is InChI=1S/C19H15N3O3S/c1-10-7-11(2)16-14(8-10)26-19(21-16)20-15(23)9-22-17(24)12-5-3-4-6-13(12)18(22)25/h3-8H,9H2,1-2H3,(H,20,21,23). The van der Waals surface area contributed by atoms with E-state index in [-0.39, 0.29) is 6.54 Å². The predicted molar refractivity (Wildman–Crippen MR) is 99.5 cm³/mol. The minimum Gasteiger partial charge on any atom is -0.300 e. The molecule has 1 aromatic heterocycles. The van der Waals surface area contributed by atoms with E-state index in [2.05, 4.69) is 10.3 Å². The first-order valence-corrected chi connectivity index (χ1v) is 8.88. The van der Waals surface area contributed by atoms with E-state index in [0.717, 1.165) is 26.2 Å². The summed E-state index contributed by atoms with van der Waals surface area (Å²) in [4.78, 5) is 42.4. The number of carbonyl (C=O) groups is 3. The summed E-state index contributed by atoms with van der Waals surface area (Å²) in [6, 6.07) is 10.6. The van der Waals surface area contributed by atoms with Gasteiger partial charge in [0.25, 0.3) is 11.8 Å². The zero-order chi connectivity index (χ0) is 18.4. The van der Waals surface area contributed by atoms with Crippen LogP contribution in [0.25, 0.3) is 10.2 Å². The molecule has 0 atom stereocenters. The Morgan fingerprint density at radius 3 is 2.42 bits per heavy atom. The van der Waals surface area contributed by atoms with E-state index in [1.807, 2.05) is 26.0 Å². The van der Waals surface area contributed by atoms with Gasteiger partial charge in [-0.15, -0.1) is 0 Å². The molecule has 4 rings (SSSR count). The van der Waals surface area contributed by atoms with E-state index in [1.165, 1.54) is 11.3 Å². The van der Waals surface area contributed by atoms with Crippen LogP contribution in [0.15, 0.2) is 36.4 Å². The maximum Gasteiger partial charge on any atom is 0.262 e. The van der Waals surface area contributed by atoms with Gasteiger partial charge in [0.05, 0.1) is 21.3 Å². The van der Waals surface area contributed by atoms with Crippen LogP contribution in [0.5, 0.6) is 0 Å². The highest BCUT2D eigenvalue weighted by Crippen LogP contribution is 2.29. The van der Waals surface area contributed by atoms with Gasteiger partial charge in [-0.25, -0.2) is 4.98 Å². The van der Waals surface area contributed by atoms with E-state index in [4.69, 9.17) is 0 Å². The zero-order valence-corrected chi connectivity index (χ0v) is 15.0. The Kier molecular flexibility index (Phi) is 3.81. The first kappa shape index (κ1) is 16.4. The van der Waals surface area contributed by atoms with Gasteiger partial charge < -0.3 is 5.32 Å². The van der Waals surface area contributed by atoms with Gasteiger partial charge in [-0.05, 0) is 43.2 Å². The molecule has 0 fully saturated rings. The Morgan fingerprint density at radius 1 is 1.12 bits per heavy atom. The Morgan fingerprint density at radius 2 is 1.77 bits per heavy atom. The number of rotatable bonds is 3. The molecule has 130 valence electrons. The van der Waals surface area contributed by atoms with Crippen LogP contribution >= 0.6 is 11.3 Å². The highest BCUT2D eigenvalue weighted by Gasteiger charge is 2.36. The Hall–Kier alpha value is -3.06. The third-order valence-electron chi connectivity index (χ3n) is 4.26. The van der Waals surface area contributed by atoms with E-state index in [9.17, 15) is 14.4 Å². The number of hydrogen-bond donors (Lipinski definition) is 1. The third kappa shape index (κ3) is 2.66. The lowest BCUT2D eigenvalue weighted by molar-refractivity contribution is -0.116. The number of hydrogen-bond acceptors (Lipinski definition) is 5. The van der Waals surface area contributed by atoms with Crippen molar-refractivity contribution in [2.24, 2.45) is 0 Å². The summed E-state index contributed by atoms with van der Waals surface area (Å²) in [5.41, 5.74) is 3.67. The Bertz CT molecular complexity index is 1050. The number of aryl methyl sites for hydroxylation is 2. The van der Waals surface area contributed by atoms with Crippen molar-refractivity contribution >= 4 is 44.4 Å². The lowest BCUT2D eigenvalue weighted by Gasteiger charge is -2.12. The number of fused-ring (bicyclic) bond motifs is 2. The maximum absolute atomic E-state index is 12.3. The monoisotopic (exact) mass is 365 g/mol. The van der Waals surface area contributed by atoms with Crippen molar-refractivity contribution < 1.29 is 14.4 Å². The van der Waals surface area contributed by atoms with Crippen LogP contribution < -0.4 is 5.32 Å². The molecular formula is C19H15N3O3S. The molecule has 0 spiro atoms. The molecule has 0 saturated heterocycles. The number of nitrogens with one attached hydrogen (secondary N) is 1. The molecule has 0 radical (unpaired) electrons. The fourth-order valence-electron chi connectivity index (χ4n) is 3.11. The SMILES string of the molecule is Cc1cc(C)c2nc(NC(=O)CN3C(=O)c4ccccc4C3=O)sc2c1. The zero-order valence-electron chi connectivity index (χ0n) is 14.2. The largest absolute Gasteiger partial charge is 0.300 e. The maximum atomic E-state index is 12.3. The van der Waals surface area contributed by atoms with Crippen LogP contribution in [0, 0.1) is 13.8 Å². The molecule has 3 aromatic rings. The normalized spacial score (nSPS) is 13.4. The molecule has 0 saturated carbocycles. The van der Waals surface area contributed by atoms with E-state index in [0.29, 0.717) is 16.3 Å². The molecule has 2 aromatic carbocycles. The summed E-state index contributed by atoms with van der Waals surface area (Å²) in [6.45, 7) is 3.65. The van der Waals surface area contributed by atoms with Gasteiger partial charge in [-0.2, -0.15) is 0 Å². The van der Waals surface area contributed by atoms with Crippen LogP contribution in [0.3, 0.4) is 0 Å². The average molecular weight is 365 g/mol. The molecule has 0 aliphatic carbocycles. The number of amides is 3. The lowest BCUT2D eigenvalue weighted by atomic mass is 10.1. The van der Waals surface area contributed by atoms with Gasteiger partial charge >= 0.3 is 0 Å². The molecular weight excluding hydrogens is 350 g/mol. The molecule has 0 unspecified atom stereocenters. The molecule has 6 nitrogen and oxygen atoms in total. The van der Waals surface area contributed by atoms with E-state index in [1.54, 1.807) is 24.3 Å². The summed E-state index contributed by atoms with van der Waals surface area (Å²) in [6.07, 6.45) is 0. The van der Waals surface area contributed by atoms with Gasteiger partial charge in [-0.3, -0.25) is 19.3 Å². The minimum absolute atomic E-state index is 0.330. The van der Waals surface area contributed by atoms with Gasteiger partial charge in [0.1, 0.15) is 6.54 Å². The number of carbonyl (C=O) groups excluding carboxylic acids is 3. The van der Waals surface area contributed by atoms with Crippen LogP contribution in [0.4, 0.5) is 5.13 Å². The van der Waals surface area contributed by atoms with Crippen LogP contribution in [0.1, 0.15) is 31.8 Å². The number of anilines is 1. The fourth-order valence-corrected chi connectivity index (χ4v) is 4.17. The fraction of sp³-hybridized carbons (Fsp3) is 0.158. The smallest absolute Gasteiger partial charge is 0.262 e. The second-order valence-corrected chi connectivity index (χ2v) is 7.27. The molecule has 0 bridgehead atoms. The number of aromatic nitrogens is 1. The summed E-state index contributed by atoms with van der Waals surface area (Å²) < 4.78 is 0.985. The van der Waals surface area contributed by atoms with E-state index >= 15 is 0 Å². The van der Waals surface area contributed by atoms with Crippen molar-refractivity contribution in [2.75, 3.05) is 11.9 Å². The Labute approximate surface area is 153 Å². The second kappa shape index (κ2) is 6.03. The first-order valence-electron chi connectivity index (χ1n) is 8.07. The molecule has 7 heteroatoms. The van der Waals surface area contributed by atoms with Crippen molar-refractivity contribution in [1.82, 2.24) is 9.88 Å². The number of nitrogens with zero attached hydrogens (tertiary/aromatic N) is 2. The molecule has 3 amide bonds. The molecule has 2 heterocycles. The van der Waals surface area contributed by atoms with Gasteiger partial charge in [0, 0.05) is 0 Å². The average Bonchev–Trinajstić information content (AvgIpc) is 3.10. The molecule has 1 aliphatic heterocycles. The molecule has 1 N–H and O–H groups in total. The predicted octanol–water partition coefficient (Wildman–Crippen LogP) is 3.15. The first-order chi connectivity index (χ1) is 12.4. The highest BCUT2D eigenvalue weighted by molar-refractivity contribution is 7.22. The lowest BCUT2D eigenvalue weighted by Crippen LogP contribution is -2.37. The highest BCUT2D eigenvalue weighted by atomic mass is 32.1. The number of imide groups is 1. The minimum atomic E-state index is -0.451. The number of thiazole rings is 1. The Balaban J connectivity index is 1.52. The summed E-state index contributed by atoms with van der Waals surface area (Å²) in [7, 11) is 0. The second-order valence-electron chi connectivity index (χ2n) is 6.24. The van der Waals surface area contributed by atoms with Crippen molar-refractivity contribution in [3.63, 3.8) is 0 Å². The van der Waals surface area contributed by atoms with Gasteiger partial charge in [0.15, 0.2) is 5.13 Å². The number of benzene rings is 2. The van der Waals surface area contributed by atoms with Crippen molar-refractivity contribution in [1.29, 1.82) is 0 Å². The van der Waals surface area contributed by atoms with Gasteiger partial charge in [-0.1, -0.05) is 29.5 Å². The molecule has 1 aliphatic rings. The van der Waals surface area contributed by atoms with Crippen molar-refractivity contribution in [3.8, 4) is 0 Å². The molecule has 26 heavy (non-hydrogen) atoms. The summed E-state index contributed by atoms with van der Waals surface area (Å²) >= 11 is 1.37. The van der Waals surface area contributed by atoms with Crippen LogP contribution in [0.2, 0.25) is 0 Å².